The van der Waals surface area contributed by atoms with Gasteiger partial charge in [-0.05, 0) is 38.5 Å². The summed E-state index contributed by atoms with van der Waals surface area (Å²) >= 11 is 0. The first-order valence-corrected chi connectivity index (χ1v) is 12.2. The monoisotopic (exact) mass is 454 g/mol. The van der Waals surface area contributed by atoms with Gasteiger partial charge >= 0.3 is 6.09 Å². The molecular weight excluding hydrogens is 424 g/mol. The van der Waals surface area contributed by atoms with E-state index in [2.05, 4.69) is 9.97 Å². The summed E-state index contributed by atoms with van der Waals surface area (Å²) in [5.74, 6) is 1.49. The van der Waals surface area contributed by atoms with Gasteiger partial charge in [0, 0.05) is 39.3 Å². The molecule has 1 aromatic heterocycles. The van der Waals surface area contributed by atoms with Gasteiger partial charge in [-0.3, -0.25) is 0 Å². The Morgan fingerprint density at radius 3 is 2.35 bits per heavy atom. The largest absolute Gasteiger partial charge is 0.476 e. The summed E-state index contributed by atoms with van der Waals surface area (Å²) in [4.78, 5) is 24.7. The molecule has 3 aliphatic rings. The van der Waals surface area contributed by atoms with Crippen LogP contribution >= 0.6 is 0 Å². The molecule has 3 heterocycles. The van der Waals surface area contributed by atoms with Crippen molar-refractivity contribution in [1.82, 2.24) is 19.2 Å². The van der Waals surface area contributed by atoms with Crippen molar-refractivity contribution in [3.63, 3.8) is 0 Å². The Morgan fingerprint density at radius 2 is 1.81 bits per heavy atom. The third kappa shape index (κ3) is 5.74. The fourth-order valence-electron chi connectivity index (χ4n) is 3.76. The van der Waals surface area contributed by atoms with Crippen LogP contribution in [0.25, 0.3) is 0 Å². The number of anilines is 1. The predicted molar refractivity (Wildman–Crippen MR) is 113 cm³/mol. The maximum atomic E-state index is 12.2. The summed E-state index contributed by atoms with van der Waals surface area (Å²) in [6.07, 6.45) is 6.66. The van der Waals surface area contributed by atoms with Crippen molar-refractivity contribution < 1.29 is 22.7 Å². The normalized spacial score (nSPS) is 22.3. The van der Waals surface area contributed by atoms with Crippen LogP contribution in [0, 0.1) is 5.92 Å². The third-order valence-electron chi connectivity index (χ3n) is 6.16. The smallest absolute Gasteiger partial charge is 0.410 e. The van der Waals surface area contributed by atoms with Crippen molar-refractivity contribution in [2.45, 2.75) is 38.2 Å². The number of likely N-dealkylation sites (tertiary alicyclic amines) is 1. The molecule has 2 saturated heterocycles. The molecule has 0 unspecified atom stereocenters. The first kappa shape index (κ1) is 22.0. The first-order valence-electron chi connectivity index (χ1n) is 10.7. The predicted octanol–water partition coefficient (Wildman–Crippen LogP) is 0.582. The highest BCUT2D eigenvalue weighted by Gasteiger charge is 2.43. The second-order valence-electron chi connectivity index (χ2n) is 8.70. The van der Waals surface area contributed by atoms with Gasteiger partial charge in [-0.1, -0.05) is 0 Å². The van der Waals surface area contributed by atoms with E-state index in [4.69, 9.17) is 14.6 Å². The Balaban J connectivity index is 1.19. The van der Waals surface area contributed by atoms with Crippen molar-refractivity contribution in [2.24, 2.45) is 11.1 Å². The van der Waals surface area contributed by atoms with Crippen molar-refractivity contribution >= 4 is 22.1 Å². The zero-order valence-corrected chi connectivity index (χ0v) is 18.6. The molecule has 0 bridgehead atoms. The number of rotatable bonds is 6. The van der Waals surface area contributed by atoms with E-state index in [1.165, 1.54) is 4.31 Å². The average Bonchev–Trinajstić information content (AvgIpc) is 3.49. The molecule has 4 rings (SSSR count). The Morgan fingerprint density at radius 1 is 1.13 bits per heavy atom. The van der Waals surface area contributed by atoms with Gasteiger partial charge in [0.15, 0.2) is 0 Å². The van der Waals surface area contributed by atoms with E-state index in [0.717, 1.165) is 25.7 Å². The molecule has 1 aromatic rings. The van der Waals surface area contributed by atoms with E-state index >= 15 is 0 Å². The molecule has 0 atom stereocenters. The van der Waals surface area contributed by atoms with Crippen LogP contribution in [-0.4, -0.2) is 85.2 Å². The van der Waals surface area contributed by atoms with Crippen LogP contribution in [0.4, 0.5) is 10.6 Å². The van der Waals surface area contributed by atoms with E-state index in [1.54, 1.807) is 17.3 Å². The van der Waals surface area contributed by atoms with Crippen molar-refractivity contribution in [3.8, 4) is 5.88 Å². The quantitative estimate of drug-likeness (QED) is 0.660. The topological polar surface area (TPSA) is 131 Å². The molecule has 3 fully saturated rings. The van der Waals surface area contributed by atoms with Gasteiger partial charge in [0.1, 0.15) is 11.4 Å². The number of nitrogens with zero attached hydrogens (tertiary/aromatic N) is 5. The van der Waals surface area contributed by atoms with Crippen molar-refractivity contribution in [2.75, 3.05) is 50.8 Å². The number of carbonyl (C=O) groups excluding carboxylic acids is 1. The highest BCUT2D eigenvalue weighted by molar-refractivity contribution is 7.86. The average molecular weight is 455 g/mol. The fraction of sp³-hybridized carbons (Fsp3) is 0.737. The number of piperazine rings is 1. The molecule has 1 amide bonds. The lowest BCUT2D eigenvalue weighted by atomic mass is 9.98. The van der Waals surface area contributed by atoms with E-state index in [9.17, 15) is 13.2 Å². The SMILES string of the molecule is CC1(OC(=O)N2CCC(COc3cnc(N4CCN(S(N)(=O)=O)CC4)cn3)CC2)CC1. The van der Waals surface area contributed by atoms with Crippen LogP contribution in [0.2, 0.25) is 0 Å². The number of aromatic nitrogens is 2. The lowest BCUT2D eigenvalue weighted by Crippen LogP contribution is -2.50. The van der Waals surface area contributed by atoms with Crippen molar-refractivity contribution in [3.05, 3.63) is 12.4 Å². The highest BCUT2D eigenvalue weighted by atomic mass is 32.2. The summed E-state index contributed by atoms with van der Waals surface area (Å²) in [6.45, 7) is 5.52. The standard InChI is InChI=1S/C19H30N6O5S/c1-19(4-5-19)30-18(26)24-6-2-15(3-7-24)14-29-17-13-21-16(12-22-17)23-8-10-25(11-9-23)31(20,27)28/h12-13,15H,2-11,14H2,1H3,(H2,20,27,28). The minimum atomic E-state index is -3.65. The van der Waals surface area contributed by atoms with Gasteiger partial charge in [0.2, 0.25) is 5.88 Å². The number of amides is 1. The van der Waals surface area contributed by atoms with Gasteiger partial charge in [-0.25, -0.2) is 19.9 Å². The molecule has 0 aromatic carbocycles. The molecular formula is C19H30N6O5S. The van der Waals surface area contributed by atoms with Gasteiger partial charge in [0.25, 0.3) is 10.2 Å². The minimum absolute atomic E-state index is 0.203. The lowest BCUT2D eigenvalue weighted by Gasteiger charge is -2.33. The van der Waals surface area contributed by atoms with E-state index in [-0.39, 0.29) is 11.7 Å². The van der Waals surface area contributed by atoms with Gasteiger partial charge in [-0.15, -0.1) is 0 Å². The van der Waals surface area contributed by atoms with Crippen molar-refractivity contribution in [1.29, 1.82) is 0 Å². The van der Waals surface area contributed by atoms with Gasteiger partial charge < -0.3 is 19.3 Å². The zero-order chi connectivity index (χ0) is 22.1. The highest BCUT2D eigenvalue weighted by Crippen LogP contribution is 2.39. The van der Waals surface area contributed by atoms with E-state index < -0.39 is 10.2 Å². The van der Waals surface area contributed by atoms with Crippen LogP contribution in [0.3, 0.4) is 0 Å². The number of nitrogens with two attached hydrogens (primary N) is 1. The van der Waals surface area contributed by atoms with Crippen LogP contribution in [-0.2, 0) is 14.9 Å². The van der Waals surface area contributed by atoms with Crippen LogP contribution < -0.4 is 14.8 Å². The summed E-state index contributed by atoms with van der Waals surface area (Å²) in [5, 5.41) is 5.17. The van der Waals surface area contributed by atoms with E-state index in [1.807, 2.05) is 11.8 Å². The molecule has 2 aliphatic heterocycles. The number of ether oxygens (including phenoxy) is 2. The zero-order valence-electron chi connectivity index (χ0n) is 17.8. The maximum Gasteiger partial charge on any atom is 0.410 e. The van der Waals surface area contributed by atoms with Crippen LogP contribution in [0.15, 0.2) is 12.4 Å². The summed E-state index contributed by atoms with van der Waals surface area (Å²) < 4.78 is 35.4. The number of carbonyl (C=O) groups is 1. The molecule has 12 heteroatoms. The van der Waals surface area contributed by atoms with E-state index in [0.29, 0.717) is 63.5 Å². The molecule has 0 radical (unpaired) electrons. The Kier molecular flexibility index (Phi) is 6.22. The number of hydrogen-bond acceptors (Lipinski definition) is 8. The summed E-state index contributed by atoms with van der Waals surface area (Å²) in [6, 6.07) is 0. The van der Waals surface area contributed by atoms with Gasteiger partial charge in [-0.2, -0.15) is 12.7 Å². The second kappa shape index (κ2) is 8.75. The second-order valence-corrected chi connectivity index (χ2v) is 10.2. The van der Waals surface area contributed by atoms with Crippen LogP contribution in [0.1, 0.15) is 32.6 Å². The molecule has 172 valence electrons. The molecule has 1 saturated carbocycles. The van der Waals surface area contributed by atoms with Gasteiger partial charge in [0.05, 0.1) is 19.0 Å². The Bertz CT molecular complexity index is 876. The molecule has 2 N–H and O–H groups in total. The molecule has 1 aliphatic carbocycles. The number of piperidine rings is 1. The first-order chi connectivity index (χ1) is 14.7. The number of hydrogen-bond donors (Lipinski definition) is 1. The minimum Gasteiger partial charge on any atom is -0.476 e. The molecule has 0 spiro atoms. The van der Waals surface area contributed by atoms with Crippen LogP contribution in [0.5, 0.6) is 5.88 Å². The summed E-state index contributed by atoms with van der Waals surface area (Å²) in [7, 11) is -3.65. The maximum absolute atomic E-state index is 12.2. The Hall–Kier alpha value is -2.18. The Labute approximate surface area is 182 Å². The molecule has 11 nitrogen and oxygen atoms in total. The summed E-state index contributed by atoms with van der Waals surface area (Å²) in [5.41, 5.74) is -0.239. The third-order valence-corrected chi connectivity index (χ3v) is 7.25. The molecule has 31 heavy (non-hydrogen) atoms. The fourth-order valence-corrected chi connectivity index (χ4v) is 4.43. The lowest BCUT2D eigenvalue weighted by molar-refractivity contribution is 0.0454.